The summed E-state index contributed by atoms with van der Waals surface area (Å²) in [6, 6.07) is 4.60. The highest BCUT2D eigenvalue weighted by atomic mass is 32.2. The van der Waals surface area contributed by atoms with Gasteiger partial charge in [0.25, 0.3) is 5.91 Å². The Bertz CT molecular complexity index is 992. The van der Waals surface area contributed by atoms with Crippen LogP contribution in [0.25, 0.3) is 0 Å². The number of benzene rings is 1. The van der Waals surface area contributed by atoms with Crippen molar-refractivity contribution in [3.05, 3.63) is 23.8 Å². The predicted octanol–water partition coefficient (Wildman–Crippen LogP) is 2.32. The first-order chi connectivity index (χ1) is 16.0. The normalized spacial score (nSPS) is 23.0. The van der Waals surface area contributed by atoms with Gasteiger partial charge in [-0.1, -0.05) is 32.3 Å². The number of nitrogens with zero attached hydrogens (tertiary/aromatic N) is 2. The Morgan fingerprint density at radius 3 is 2.59 bits per heavy atom. The summed E-state index contributed by atoms with van der Waals surface area (Å²) in [6.07, 6.45) is 5.40. The molecule has 1 heterocycles. The van der Waals surface area contributed by atoms with Crippen LogP contribution < -0.4 is 10.1 Å². The predicted molar refractivity (Wildman–Crippen MR) is 130 cm³/mol. The van der Waals surface area contributed by atoms with E-state index in [0.29, 0.717) is 12.2 Å². The zero-order chi connectivity index (χ0) is 25.0. The number of aliphatic hydroxyl groups excluding tert-OH is 1. The number of fused-ring (bicyclic) bond motifs is 1. The SMILES string of the molecule is C[C@H]1CN([C@@H](C)CO)C(=O)c2cccc(NC(=O)C3CCCCC3)c2O[C@H]1CN(C)S(C)(=O)=O. The summed E-state index contributed by atoms with van der Waals surface area (Å²) in [7, 11) is -1.96. The number of nitrogens with one attached hydrogen (secondary N) is 1. The smallest absolute Gasteiger partial charge is 0.258 e. The quantitative estimate of drug-likeness (QED) is 0.600. The average Bonchev–Trinajstić information content (AvgIpc) is 2.81. The summed E-state index contributed by atoms with van der Waals surface area (Å²) >= 11 is 0. The number of para-hydroxylation sites is 1. The Kier molecular flexibility index (Phi) is 8.59. The number of amides is 2. The van der Waals surface area contributed by atoms with Gasteiger partial charge < -0.3 is 20.1 Å². The molecule has 1 aromatic rings. The summed E-state index contributed by atoms with van der Waals surface area (Å²) in [6.45, 7) is 3.82. The zero-order valence-electron chi connectivity index (χ0n) is 20.5. The van der Waals surface area contributed by atoms with E-state index in [1.54, 1.807) is 30.0 Å². The third kappa shape index (κ3) is 6.09. The molecule has 2 N–H and O–H groups in total. The fraction of sp³-hybridized carbons (Fsp3) is 0.667. The zero-order valence-corrected chi connectivity index (χ0v) is 21.3. The topological polar surface area (TPSA) is 116 Å². The Hall–Kier alpha value is -2.17. The van der Waals surface area contributed by atoms with Gasteiger partial charge in [0.2, 0.25) is 15.9 Å². The Morgan fingerprint density at radius 1 is 1.29 bits per heavy atom. The molecule has 1 fully saturated rings. The molecule has 3 rings (SSSR count). The van der Waals surface area contributed by atoms with Gasteiger partial charge in [0, 0.05) is 25.4 Å². The van der Waals surface area contributed by atoms with E-state index in [2.05, 4.69) is 5.32 Å². The second-order valence-corrected chi connectivity index (χ2v) is 11.8. The van der Waals surface area contributed by atoms with Gasteiger partial charge in [0.05, 0.1) is 36.7 Å². The van der Waals surface area contributed by atoms with Crippen molar-refractivity contribution in [2.45, 2.75) is 58.1 Å². The Morgan fingerprint density at radius 2 is 1.97 bits per heavy atom. The van der Waals surface area contributed by atoms with Crippen molar-refractivity contribution in [3.63, 3.8) is 0 Å². The number of anilines is 1. The first-order valence-electron chi connectivity index (χ1n) is 12.0. The van der Waals surface area contributed by atoms with Gasteiger partial charge in [-0.15, -0.1) is 0 Å². The van der Waals surface area contributed by atoms with Gasteiger partial charge in [0.1, 0.15) is 6.10 Å². The first kappa shape index (κ1) is 26.4. The van der Waals surface area contributed by atoms with Crippen LogP contribution in [-0.4, -0.2) is 79.7 Å². The highest BCUT2D eigenvalue weighted by Gasteiger charge is 2.35. The van der Waals surface area contributed by atoms with Crippen LogP contribution in [0, 0.1) is 11.8 Å². The first-order valence-corrected chi connectivity index (χ1v) is 13.8. The molecule has 2 aliphatic rings. The number of likely N-dealkylation sites (N-methyl/N-ethyl adjacent to an activating group) is 1. The largest absolute Gasteiger partial charge is 0.486 e. The van der Waals surface area contributed by atoms with Crippen LogP contribution in [-0.2, 0) is 14.8 Å². The van der Waals surface area contributed by atoms with Gasteiger partial charge in [-0.25, -0.2) is 12.7 Å². The number of hydrogen-bond donors (Lipinski definition) is 2. The lowest BCUT2D eigenvalue weighted by molar-refractivity contribution is -0.120. The minimum atomic E-state index is -3.45. The number of hydrogen-bond acceptors (Lipinski definition) is 6. The number of sulfonamides is 1. The van der Waals surface area contributed by atoms with Crippen LogP contribution in [0.4, 0.5) is 5.69 Å². The molecule has 2 amide bonds. The highest BCUT2D eigenvalue weighted by Crippen LogP contribution is 2.36. The molecule has 0 spiro atoms. The summed E-state index contributed by atoms with van der Waals surface area (Å²) in [5.74, 6) is -0.467. The summed E-state index contributed by atoms with van der Waals surface area (Å²) in [5, 5.41) is 12.7. The second-order valence-electron chi connectivity index (χ2n) is 9.67. The molecular weight excluding hydrogens is 458 g/mol. The second kappa shape index (κ2) is 11.0. The molecule has 1 saturated carbocycles. The van der Waals surface area contributed by atoms with E-state index < -0.39 is 22.2 Å². The van der Waals surface area contributed by atoms with Crippen molar-refractivity contribution in [1.29, 1.82) is 0 Å². The van der Waals surface area contributed by atoms with Gasteiger partial charge >= 0.3 is 0 Å². The lowest BCUT2D eigenvalue weighted by Gasteiger charge is -2.38. The van der Waals surface area contributed by atoms with Crippen molar-refractivity contribution >= 4 is 27.5 Å². The van der Waals surface area contributed by atoms with Crippen molar-refractivity contribution < 1.29 is 27.9 Å². The molecule has 3 atom stereocenters. The molecule has 34 heavy (non-hydrogen) atoms. The molecule has 0 saturated heterocycles. The van der Waals surface area contributed by atoms with E-state index in [-0.39, 0.29) is 48.1 Å². The number of aliphatic hydroxyl groups is 1. The summed E-state index contributed by atoms with van der Waals surface area (Å²) in [5.41, 5.74) is 0.680. The van der Waals surface area contributed by atoms with E-state index in [1.165, 1.54) is 11.4 Å². The maximum Gasteiger partial charge on any atom is 0.258 e. The van der Waals surface area contributed by atoms with Crippen LogP contribution in [0.1, 0.15) is 56.3 Å². The van der Waals surface area contributed by atoms with Crippen molar-refractivity contribution in [2.24, 2.45) is 11.8 Å². The molecule has 1 aliphatic heterocycles. The minimum Gasteiger partial charge on any atom is -0.486 e. The summed E-state index contributed by atoms with van der Waals surface area (Å²) in [4.78, 5) is 28.0. The molecule has 0 unspecified atom stereocenters. The fourth-order valence-electron chi connectivity index (χ4n) is 4.55. The number of ether oxygens (including phenoxy) is 1. The molecular formula is C24H37N3O6S. The number of carbonyl (C=O) groups is 2. The van der Waals surface area contributed by atoms with Crippen molar-refractivity contribution in [2.75, 3.05) is 38.3 Å². The fourth-order valence-corrected chi connectivity index (χ4v) is 4.97. The van der Waals surface area contributed by atoms with E-state index >= 15 is 0 Å². The van der Waals surface area contributed by atoms with Crippen molar-refractivity contribution in [3.8, 4) is 5.75 Å². The van der Waals surface area contributed by atoms with Crippen LogP contribution in [0.15, 0.2) is 18.2 Å². The van der Waals surface area contributed by atoms with Crippen LogP contribution in [0.2, 0.25) is 0 Å². The lowest BCUT2D eigenvalue weighted by atomic mass is 9.88. The number of rotatable bonds is 7. The van der Waals surface area contributed by atoms with Crippen molar-refractivity contribution in [1.82, 2.24) is 9.21 Å². The molecule has 0 radical (unpaired) electrons. The maximum absolute atomic E-state index is 13.5. The van der Waals surface area contributed by atoms with E-state index in [9.17, 15) is 23.1 Å². The molecule has 190 valence electrons. The van der Waals surface area contributed by atoms with Gasteiger partial charge in [-0.2, -0.15) is 0 Å². The van der Waals surface area contributed by atoms with Crippen LogP contribution in [0.5, 0.6) is 5.75 Å². The Labute approximate surface area is 202 Å². The molecule has 0 bridgehead atoms. The van der Waals surface area contributed by atoms with Crippen LogP contribution >= 0.6 is 0 Å². The molecule has 1 aromatic carbocycles. The lowest BCUT2D eigenvalue weighted by Crippen LogP contribution is -2.50. The standard InChI is InChI=1S/C24H37N3O6S/c1-16-13-27(17(2)15-28)24(30)19-11-8-12-20(25-23(29)18-9-6-5-7-10-18)22(19)33-21(16)14-26(3)34(4,31)32/h8,11-12,16-18,21,28H,5-7,9-10,13-15H2,1-4H3,(H,25,29)/t16-,17-,21-/m0/s1. The molecule has 1 aliphatic carbocycles. The monoisotopic (exact) mass is 495 g/mol. The van der Waals surface area contributed by atoms with Gasteiger partial charge in [-0.3, -0.25) is 9.59 Å². The highest BCUT2D eigenvalue weighted by molar-refractivity contribution is 7.88. The van der Waals surface area contributed by atoms with E-state index in [4.69, 9.17) is 4.74 Å². The average molecular weight is 496 g/mol. The van der Waals surface area contributed by atoms with E-state index in [1.807, 2.05) is 6.92 Å². The maximum atomic E-state index is 13.5. The van der Waals surface area contributed by atoms with E-state index in [0.717, 1.165) is 38.4 Å². The van der Waals surface area contributed by atoms with Gasteiger partial charge in [0.15, 0.2) is 5.75 Å². The Balaban J connectivity index is 2.00. The minimum absolute atomic E-state index is 0.0779. The van der Waals surface area contributed by atoms with Gasteiger partial charge in [-0.05, 0) is 31.9 Å². The third-order valence-electron chi connectivity index (χ3n) is 6.93. The number of carbonyl (C=O) groups excluding carboxylic acids is 2. The molecule has 0 aromatic heterocycles. The summed E-state index contributed by atoms with van der Waals surface area (Å²) < 4.78 is 31.7. The third-order valence-corrected chi connectivity index (χ3v) is 8.21. The van der Waals surface area contributed by atoms with Crippen LogP contribution in [0.3, 0.4) is 0 Å². The molecule has 10 heteroatoms. The molecule has 9 nitrogen and oxygen atoms in total.